The molecule has 1 aromatic rings. The molecule has 8 heteroatoms. The maximum absolute atomic E-state index is 12.1. The second kappa shape index (κ2) is 7.97. The lowest BCUT2D eigenvalue weighted by Gasteiger charge is -2.39. The Kier molecular flexibility index (Phi) is 6.40. The number of hydrogen-bond donors (Lipinski definition) is 1. The van der Waals surface area contributed by atoms with Crippen LogP contribution in [-0.2, 0) is 16.6 Å². The number of sulfonamides is 1. The minimum Gasteiger partial charge on any atom is -0.352 e. The van der Waals surface area contributed by atoms with Gasteiger partial charge in [-0.3, -0.25) is 4.99 Å². The van der Waals surface area contributed by atoms with Crippen molar-refractivity contribution < 1.29 is 8.42 Å². The summed E-state index contributed by atoms with van der Waals surface area (Å²) in [6, 6.07) is 6.98. The van der Waals surface area contributed by atoms with Crippen molar-refractivity contribution in [3.05, 3.63) is 29.8 Å². The van der Waals surface area contributed by atoms with Gasteiger partial charge in [-0.1, -0.05) is 12.1 Å². The summed E-state index contributed by atoms with van der Waals surface area (Å²) in [5.41, 5.74) is 1.02. The molecule has 1 N–H and O–H groups in total. The summed E-state index contributed by atoms with van der Waals surface area (Å²) in [6.45, 7) is 7.05. The third-order valence-corrected chi connectivity index (χ3v) is 7.22. The molecule has 0 radical (unpaired) electrons. The van der Waals surface area contributed by atoms with E-state index in [1.165, 1.54) is 18.4 Å². The van der Waals surface area contributed by atoms with E-state index in [0.717, 1.165) is 30.4 Å². The van der Waals surface area contributed by atoms with E-state index in [2.05, 4.69) is 29.1 Å². The minimum absolute atomic E-state index is 0.220. The summed E-state index contributed by atoms with van der Waals surface area (Å²) in [4.78, 5) is 6.98. The average molecular weight is 385 g/mol. The van der Waals surface area contributed by atoms with E-state index < -0.39 is 10.0 Å². The van der Waals surface area contributed by atoms with Gasteiger partial charge in [0.25, 0.3) is 0 Å². The molecule has 25 heavy (non-hydrogen) atoms. The first-order valence-electron chi connectivity index (χ1n) is 8.27. The summed E-state index contributed by atoms with van der Waals surface area (Å²) in [5.74, 6) is 1.98. The summed E-state index contributed by atoms with van der Waals surface area (Å²) < 4.78 is 25.7. The number of guanidine groups is 1. The molecular formula is C17H28N4O2S2. The minimum atomic E-state index is -3.38. The molecule has 2 rings (SSSR count). The topological polar surface area (TPSA) is 65.0 Å². The van der Waals surface area contributed by atoms with Gasteiger partial charge < -0.3 is 10.2 Å². The molecule has 0 bridgehead atoms. The Hall–Kier alpha value is -1.25. The van der Waals surface area contributed by atoms with Crippen molar-refractivity contribution in [3.8, 4) is 0 Å². The van der Waals surface area contributed by atoms with Crippen LogP contribution < -0.4 is 5.32 Å². The second-order valence-corrected chi connectivity index (χ2v) is 10.8. The van der Waals surface area contributed by atoms with Crippen molar-refractivity contribution >= 4 is 27.7 Å². The molecule has 1 aliphatic rings. The first-order valence-corrected chi connectivity index (χ1v) is 10.7. The van der Waals surface area contributed by atoms with Crippen LogP contribution >= 0.6 is 11.8 Å². The Labute approximate surface area is 155 Å². The van der Waals surface area contributed by atoms with Gasteiger partial charge in [-0.25, -0.2) is 12.7 Å². The molecule has 0 spiro atoms. The van der Waals surface area contributed by atoms with E-state index in [4.69, 9.17) is 0 Å². The van der Waals surface area contributed by atoms with Crippen LogP contribution in [0, 0.1) is 0 Å². The smallest absolute Gasteiger partial charge is 0.242 e. The van der Waals surface area contributed by atoms with E-state index >= 15 is 0 Å². The molecule has 0 aromatic heterocycles. The predicted molar refractivity (Wildman–Crippen MR) is 106 cm³/mol. The van der Waals surface area contributed by atoms with Crippen molar-refractivity contribution in [1.82, 2.24) is 14.5 Å². The summed E-state index contributed by atoms with van der Waals surface area (Å²) in [7, 11) is 1.48. The molecule has 0 aliphatic carbocycles. The Morgan fingerprint density at radius 3 is 2.48 bits per heavy atom. The zero-order valence-electron chi connectivity index (χ0n) is 15.6. The van der Waals surface area contributed by atoms with Gasteiger partial charge in [0, 0.05) is 51.3 Å². The maximum Gasteiger partial charge on any atom is 0.242 e. The second-order valence-electron chi connectivity index (χ2n) is 6.86. The van der Waals surface area contributed by atoms with Crippen LogP contribution in [0.3, 0.4) is 0 Å². The largest absolute Gasteiger partial charge is 0.352 e. The van der Waals surface area contributed by atoms with Gasteiger partial charge in [0.05, 0.1) is 4.90 Å². The molecule has 1 aliphatic heterocycles. The lowest BCUT2D eigenvalue weighted by Crippen LogP contribution is -2.50. The van der Waals surface area contributed by atoms with Crippen molar-refractivity contribution in [2.24, 2.45) is 4.99 Å². The van der Waals surface area contributed by atoms with Gasteiger partial charge in [-0.2, -0.15) is 11.8 Å². The van der Waals surface area contributed by atoms with Gasteiger partial charge in [-0.05, 0) is 31.5 Å². The highest BCUT2D eigenvalue weighted by atomic mass is 32.2. The van der Waals surface area contributed by atoms with E-state index in [-0.39, 0.29) is 4.75 Å². The SMILES string of the molecule is CN=C(NCc1ccc(S(=O)(=O)N(C)C)cc1)N1CCSC(C)(C)C1. The molecule has 1 aromatic carbocycles. The van der Waals surface area contributed by atoms with Crippen LogP contribution in [0.2, 0.25) is 0 Å². The third kappa shape index (κ3) is 5.12. The van der Waals surface area contributed by atoms with Crippen LogP contribution in [0.4, 0.5) is 0 Å². The fraction of sp³-hybridized carbons (Fsp3) is 0.588. The average Bonchev–Trinajstić information content (AvgIpc) is 2.55. The van der Waals surface area contributed by atoms with Gasteiger partial charge in [-0.15, -0.1) is 0 Å². The molecule has 0 atom stereocenters. The van der Waals surface area contributed by atoms with Gasteiger partial charge in [0.15, 0.2) is 5.96 Å². The molecule has 1 fully saturated rings. The molecule has 0 amide bonds. The summed E-state index contributed by atoms with van der Waals surface area (Å²) >= 11 is 1.99. The van der Waals surface area contributed by atoms with Gasteiger partial charge in [0.2, 0.25) is 10.0 Å². The Balaban J connectivity index is 2.00. The van der Waals surface area contributed by atoms with Crippen LogP contribution in [0.15, 0.2) is 34.2 Å². The van der Waals surface area contributed by atoms with Crippen LogP contribution in [-0.4, -0.2) is 68.3 Å². The molecule has 6 nitrogen and oxygen atoms in total. The molecule has 140 valence electrons. The highest BCUT2D eigenvalue weighted by molar-refractivity contribution is 8.00. The van der Waals surface area contributed by atoms with E-state index in [1.807, 2.05) is 23.9 Å². The number of aliphatic imine (C=N–C) groups is 1. The van der Waals surface area contributed by atoms with E-state index in [1.54, 1.807) is 19.2 Å². The van der Waals surface area contributed by atoms with Crippen molar-refractivity contribution in [2.75, 3.05) is 40.0 Å². The number of thioether (sulfide) groups is 1. The molecule has 0 saturated carbocycles. The zero-order valence-corrected chi connectivity index (χ0v) is 17.2. The standard InChI is InChI=1S/C17H28N4O2S2/c1-17(2)13-21(10-11-24-17)16(18-3)19-12-14-6-8-15(9-7-14)25(22,23)20(4)5/h6-9H,10-13H2,1-5H3,(H,18,19). The molecular weight excluding hydrogens is 356 g/mol. The Morgan fingerprint density at radius 1 is 1.32 bits per heavy atom. The summed E-state index contributed by atoms with van der Waals surface area (Å²) in [6.07, 6.45) is 0. The lowest BCUT2D eigenvalue weighted by atomic mass is 10.2. The Bertz CT molecular complexity index is 713. The van der Waals surface area contributed by atoms with Crippen molar-refractivity contribution in [2.45, 2.75) is 30.0 Å². The number of benzene rings is 1. The first-order chi connectivity index (χ1) is 11.7. The zero-order chi connectivity index (χ0) is 18.7. The summed E-state index contributed by atoms with van der Waals surface area (Å²) in [5, 5.41) is 3.38. The third-order valence-electron chi connectivity index (χ3n) is 4.09. The van der Waals surface area contributed by atoms with Crippen LogP contribution in [0.25, 0.3) is 0 Å². The maximum atomic E-state index is 12.1. The number of nitrogens with one attached hydrogen (secondary N) is 1. The normalized spacial score (nSPS) is 18.5. The molecule has 0 unspecified atom stereocenters. The fourth-order valence-electron chi connectivity index (χ4n) is 2.70. The highest BCUT2D eigenvalue weighted by Gasteiger charge is 2.28. The predicted octanol–water partition coefficient (Wildman–Crippen LogP) is 1.84. The molecule has 1 heterocycles. The number of rotatable bonds is 4. The van der Waals surface area contributed by atoms with Gasteiger partial charge in [0.1, 0.15) is 0 Å². The van der Waals surface area contributed by atoms with Crippen LogP contribution in [0.5, 0.6) is 0 Å². The Morgan fingerprint density at radius 2 is 1.96 bits per heavy atom. The van der Waals surface area contributed by atoms with Crippen molar-refractivity contribution in [3.63, 3.8) is 0 Å². The van der Waals surface area contributed by atoms with Gasteiger partial charge >= 0.3 is 0 Å². The van der Waals surface area contributed by atoms with E-state index in [9.17, 15) is 8.42 Å². The quantitative estimate of drug-likeness (QED) is 0.634. The number of hydrogen-bond acceptors (Lipinski definition) is 4. The van der Waals surface area contributed by atoms with Crippen molar-refractivity contribution in [1.29, 1.82) is 0 Å². The van der Waals surface area contributed by atoms with Crippen LogP contribution in [0.1, 0.15) is 19.4 Å². The van der Waals surface area contributed by atoms with E-state index in [0.29, 0.717) is 11.4 Å². The first kappa shape index (κ1) is 20.1. The highest BCUT2D eigenvalue weighted by Crippen LogP contribution is 2.29. The number of nitrogens with zero attached hydrogens (tertiary/aromatic N) is 3. The fourth-order valence-corrected chi connectivity index (χ4v) is 4.71. The monoisotopic (exact) mass is 384 g/mol. The molecule has 1 saturated heterocycles. The lowest BCUT2D eigenvalue weighted by molar-refractivity contribution is 0.375.